The minimum absolute atomic E-state index is 0.224. The lowest BCUT2D eigenvalue weighted by Crippen LogP contribution is -2.36. The Balaban J connectivity index is 2.10. The molecule has 27 heavy (non-hydrogen) atoms. The monoisotopic (exact) mass is 430 g/mol. The number of rotatable bonds is 6. The Morgan fingerprint density at radius 2 is 2.07 bits per heavy atom. The van der Waals surface area contributed by atoms with Crippen LogP contribution in [-0.2, 0) is 0 Å². The SMILES string of the molecule is CCCN(C(=O)c1ccc(Br)o1)[C@H](c1cccnc1)c1ccc(F)c(C)c1. The van der Waals surface area contributed by atoms with Crippen LogP contribution in [0.15, 0.2) is 63.9 Å². The third-order valence-electron chi connectivity index (χ3n) is 4.32. The summed E-state index contributed by atoms with van der Waals surface area (Å²) in [6.45, 7) is 4.25. The first-order valence-electron chi connectivity index (χ1n) is 8.73. The molecule has 0 radical (unpaired) electrons. The Morgan fingerprint density at radius 1 is 1.26 bits per heavy atom. The molecule has 0 saturated carbocycles. The van der Waals surface area contributed by atoms with Gasteiger partial charge in [-0.2, -0.15) is 0 Å². The zero-order valence-electron chi connectivity index (χ0n) is 15.2. The van der Waals surface area contributed by atoms with Crippen molar-refractivity contribution in [2.24, 2.45) is 0 Å². The molecule has 0 unspecified atom stereocenters. The Kier molecular flexibility index (Phi) is 6.06. The van der Waals surface area contributed by atoms with E-state index in [2.05, 4.69) is 20.9 Å². The maximum Gasteiger partial charge on any atom is 0.290 e. The highest BCUT2D eigenvalue weighted by Crippen LogP contribution is 2.31. The number of carbonyl (C=O) groups is 1. The number of hydrogen-bond donors (Lipinski definition) is 0. The highest BCUT2D eigenvalue weighted by Gasteiger charge is 2.29. The average Bonchev–Trinajstić information content (AvgIpc) is 3.11. The fourth-order valence-electron chi connectivity index (χ4n) is 3.09. The molecule has 0 spiro atoms. The van der Waals surface area contributed by atoms with Gasteiger partial charge in [0.05, 0.1) is 6.04 Å². The van der Waals surface area contributed by atoms with Gasteiger partial charge in [0.2, 0.25) is 0 Å². The van der Waals surface area contributed by atoms with Crippen LogP contribution in [0.2, 0.25) is 0 Å². The molecule has 0 aliphatic rings. The summed E-state index contributed by atoms with van der Waals surface area (Å²) in [5, 5.41) is 0. The number of furan rings is 1. The van der Waals surface area contributed by atoms with Crippen LogP contribution >= 0.6 is 15.9 Å². The van der Waals surface area contributed by atoms with Crippen LogP contribution in [0.4, 0.5) is 4.39 Å². The molecule has 1 atom stereocenters. The molecule has 0 bridgehead atoms. The van der Waals surface area contributed by atoms with Gasteiger partial charge in [0.15, 0.2) is 10.4 Å². The molecule has 140 valence electrons. The molecule has 0 aliphatic carbocycles. The second-order valence-corrected chi connectivity index (χ2v) is 7.08. The van der Waals surface area contributed by atoms with Crippen molar-refractivity contribution in [1.29, 1.82) is 0 Å². The van der Waals surface area contributed by atoms with Gasteiger partial charge in [-0.15, -0.1) is 0 Å². The van der Waals surface area contributed by atoms with Crippen molar-refractivity contribution >= 4 is 21.8 Å². The Labute approximate surface area is 166 Å². The quantitative estimate of drug-likeness (QED) is 0.516. The molecule has 6 heteroatoms. The van der Waals surface area contributed by atoms with Crippen LogP contribution in [0.3, 0.4) is 0 Å². The van der Waals surface area contributed by atoms with Crippen LogP contribution < -0.4 is 0 Å². The maximum absolute atomic E-state index is 13.8. The predicted molar refractivity (Wildman–Crippen MR) is 105 cm³/mol. The Morgan fingerprint density at radius 3 is 2.67 bits per heavy atom. The molecule has 2 aromatic heterocycles. The predicted octanol–water partition coefficient (Wildman–Crippen LogP) is 5.53. The zero-order valence-corrected chi connectivity index (χ0v) is 16.7. The van der Waals surface area contributed by atoms with Crippen molar-refractivity contribution in [3.8, 4) is 0 Å². The molecule has 3 aromatic rings. The first-order chi connectivity index (χ1) is 13.0. The highest BCUT2D eigenvalue weighted by atomic mass is 79.9. The molecular weight excluding hydrogens is 411 g/mol. The van der Waals surface area contributed by atoms with E-state index in [-0.39, 0.29) is 17.5 Å². The number of hydrogen-bond acceptors (Lipinski definition) is 3. The van der Waals surface area contributed by atoms with Crippen molar-refractivity contribution in [2.75, 3.05) is 6.54 Å². The van der Waals surface area contributed by atoms with Gasteiger partial charge in [0.1, 0.15) is 5.82 Å². The van der Waals surface area contributed by atoms with Crippen LogP contribution in [-0.4, -0.2) is 22.3 Å². The lowest BCUT2D eigenvalue weighted by atomic mass is 9.96. The van der Waals surface area contributed by atoms with E-state index in [0.29, 0.717) is 16.8 Å². The molecule has 3 rings (SSSR count). The first kappa shape index (κ1) is 19.3. The normalized spacial score (nSPS) is 12.0. The van der Waals surface area contributed by atoms with E-state index >= 15 is 0 Å². The van der Waals surface area contributed by atoms with Crippen molar-refractivity contribution in [3.05, 3.63) is 87.8 Å². The van der Waals surface area contributed by atoms with E-state index in [9.17, 15) is 9.18 Å². The average molecular weight is 431 g/mol. The largest absolute Gasteiger partial charge is 0.444 e. The van der Waals surface area contributed by atoms with Gasteiger partial charge in [-0.1, -0.05) is 25.1 Å². The lowest BCUT2D eigenvalue weighted by Gasteiger charge is -2.32. The molecule has 4 nitrogen and oxygen atoms in total. The number of carbonyl (C=O) groups excluding carboxylic acids is 1. The summed E-state index contributed by atoms with van der Waals surface area (Å²) in [7, 11) is 0. The van der Waals surface area contributed by atoms with Gasteiger partial charge in [-0.25, -0.2) is 4.39 Å². The third-order valence-corrected chi connectivity index (χ3v) is 4.75. The van der Waals surface area contributed by atoms with E-state index < -0.39 is 6.04 Å². The molecule has 0 aliphatic heterocycles. The van der Waals surface area contributed by atoms with Crippen LogP contribution in [0.5, 0.6) is 0 Å². The van der Waals surface area contributed by atoms with Gasteiger partial charge in [-0.3, -0.25) is 9.78 Å². The zero-order chi connectivity index (χ0) is 19.4. The topological polar surface area (TPSA) is 46.3 Å². The summed E-state index contributed by atoms with van der Waals surface area (Å²) >= 11 is 3.24. The van der Waals surface area contributed by atoms with E-state index in [1.165, 1.54) is 6.07 Å². The highest BCUT2D eigenvalue weighted by molar-refractivity contribution is 9.10. The van der Waals surface area contributed by atoms with Crippen molar-refractivity contribution in [3.63, 3.8) is 0 Å². The molecule has 0 N–H and O–H groups in total. The fraction of sp³-hybridized carbons (Fsp3) is 0.238. The van der Waals surface area contributed by atoms with Crippen LogP contribution in [0.25, 0.3) is 0 Å². The second-order valence-electron chi connectivity index (χ2n) is 6.30. The second kappa shape index (κ2) is 8.48. The van der Waals surface area contributed by atoms with E-state index in [0.717, 1.165) is 17.5 Å². The number of benzene rings is 1. The number of amides is 1. The van der Waals surface area contributed by atoms with Gasteiger partial charge < -0.3 is 9.32 Å². The van der Waals surface area contributed by atoms with E-state index in [1.54, 1.807) is 48.5 Å². The number of nitrogens with zero attached hydrogens (tertiary/aromatic N) is 2. The fourth-order valence-corrected chi connectivity index (χ4v) is 3.39. The smallest absolute Gasteiger partial charge is 0.290 e. The minimum atomic E-state index is -0.394. The van der Waals surface area contributed by atoms with Crippen LogP contribution in [0, 0.1) is 12.7 Å². The van der Waals surface area contributed by atoms with E-state index in [4.69, 9.17) is 4.42 Å². The minimum Gasteiger partial charge on any atom is -0.444 e. The summed E-state index contributed by atoms with van der Waals surface area (Å²) in [6, 6.07) is 11.6. The van der Waals surface area contributed by atoms with Gasteiger partial charge >= 0.3 is 0 Å². The van der Waals surface area contributed by atoms with E-state index in [1.807, 2.05) is 19.1 Å². The third kappa shape index (κ3) is 4.27. The molecule has 0 saturated heterocycles. The number of aromatic nitrogens is 1. The molecule has 1 aromatic carbocycles. The number of halogens is 2. The molecule has 0 fully saturated rings. The Hall–Kier alpha value is -2.47. The molecular formula is C21H20BrFN2O2. The molecule has 2 heterocycles. The number of aryl methyl sites for hydroxylation is 1. The van der Waals surface area contributed by atoms with Gasteiger partial charge in [0, 0.05) is 18.9 Å². The Bertz CT molecular complexity index is 927. The van der Waals surface area contributed by atoms with Crippen molar-refractivity contribution < 1.29 is 13.6 Å². The van der Waals surface area contributed by atoms with Gasteiger partial charge in [0.25, 0.3) is 5.91 Å². The summed E-state index contributed by atoms with van der Waals surface area (Å²) in [5.74, 6) is -0.242. The van der Waals surface area contributed by atoms with Crippen molar-refractivity contribution in [1.82, 2.24) is 9.88 Å². The maximum atomic E-state index is 13.8. The summed E-state index contributed by atoms with van der Waals surface area (Å²) in [5.41, 5.74) is 2.22. The van der Waals surface area contributed by atoms with Gasteiger partial charge in [-0.05, 0) is 70.2 Å². The standard InChI is InChI=1S/C21H20BrFN2O2/c1-3-11-25(21(26)18-8-9-19(22)27-18)20(16-5-4-10-24-13-16)15-6-7-17(23)14(2)12-15/h4-10,12-13,20H,3,11H2,1-2H3/t20-/m0/s1. The number of pyridine rings is 1. The summed E-state index contributed by atoms with van der Waals surface area (Å²) in [4.78, 5) is 19.2. The van der Waals surface area contributed by atoms with Crippen LogP contribution in [0.1, 0.15) is 46.6 Å². The first-order valence-corrected chi connectivity index (χ1v) is 9.52. The molecule has 1 amide bonds. The summed E-state index contributed by atoms with van der Waals surface area (Å²) in [6.07, 6.45) is 4.19. The lowest BCUT2D eigenvalue weighted by molar-refractivity contribution is 0.0672. The van der Waals surface area contributed by atoms with Crippen molar-refractivity contribution in [2.45, 2.75) is 26.3 Å². The summed E-state index contributed by atoms with van der Waals surface area (Å²) < 4.78 is 19.8.